The smallest absolute Gasteiger partial charge is 0.274 e. The Labute approximate surface area is 261 Å². The molecule has 0 fully saturated rings. The van der Waals surface area contributed by atoms with Gasteiger partial charge in [-0.15, -0.1) is 0 Å². The Balaban J connectivity index is 1.54. The maximum Gasteiger partial charge on any atom is 0.274 e. The second kappa shape index (κ2) is 15.2. The van der Waals surface area contributed by atoms with E-state index in [1.165, 1.54) is 0 Å². The maximum atomic E-state index is 13.0. The van der Waals surface area contributed by atoms with Crippen LogP contribution in [0.15, 0.2) is 67.0 Å². The molecule has 4 aromatic rings. The van der Waals surface area contributed by atoms with Crippen LogP contribution in [0.1, 0.15) is 35.5 Å². The van der Waals surface area contributed by atoms with Crippen LogP contribution in [0.5, 0.6) is 5.75 Å². The summed E-state index contributed by atoms with van der Waals surface area (Å²) < 4.78 is 5.61. The van der Waals surface area contributed by atoms with E-state index < -0.39 is 18.1 Å². The van der Waals surface area contributed by atoms with Gasteiger partial charge in [-0.25, -0.2) is 0 Å². The number of aliphatic hydroxyl groups is 2. The fourth-order valence-corrected chi connectivity index (χ4v) is 5.02. The molecule has 226 valence electrons. The monoisotopic (exact) mass is 623 g/mol. The van der Waals surface area contributed by atoms with Crippen LogP contribution in [0, 0.1) is 0 Å². The van der Waals surface area contributed by atoms with Crippen molar-refractivity contribution in [2.75, 3.05) is 25.5 Å². The highest BCUT2D eigenvalue weighted by molar-refractivity contribution is 6.39. The second-order valence-corrected chi connectivity index (χ2v) is 10.9. The van der Waals surface area contributed by atoms with Crippen LogP contribution in [0.3, 0.4) is 0 Å². The number of anilines is 1. The highest BCUT2D eigenvalue weighted by atomic mass is 35.5. The predicted molar refractivity (Wildman–Crippen MR) is 171 cm³/mol. The average molecular weight is 625 g/mol. The van der Waals surface area contributed by atoms with Crippen molar-refractivity contribution in [3.8, 4) is 28.1 Å². The van der Waals surface area contributed by atoms with E-state index in [0.717, 1.165) is 16.7 Å². The lowest BCUT2D eigenvalue weighted by Crippen LogP contribution is -2.24. The van der Waals surface area contributed by atoms with E-state index in [2.05, 4.69) is 25.9 Å². The van der Waals surface area contributed by atoms with Crippen LogP contribution in [-0.2, 0) is 13.1 Å². The third kappa shape index (κ3) is 8.51. The molecule has 2 atom stereocenters. The fraction of sp³-hybridized carbons (Fsp3) is 0.281. The summed E-state index contributed by atoms with van der Waals surface area (Å²) in [4.78, 5) is 21.8. The normalized spacial score (nSPS) is 12.5. The number of aliphatic hydroxyl groups excluding tert-OH is 2. The quantitative estimate of drug-likeness (QED) is 0.135. The van der Waals surface area contributed by atoms with Crippen molar-refractivity contribution in [1.82, 2.24) is 20.6 Å². The van der Waals surface area contributed by atoms with Crippen molar-refractivity contribution in [3.05, 3.63) is 93.9 Å². The van der Waals surface area contributed by atoms with Gasteiger partial charge in [-0.05, 0) is 43.7 Å². The SMILES string of the molecule is COc1cc(-c2nccc(-c3cccc(NC(=O)c4ccc(CNC[C@@H](C)O)cn4)c3Cl)c2Cl)ccc1CNC[C@@H](C)O. The van der Waals surface area contributed by atoms with Crippen LogP contribution in [0.25, 0.3) is 22.4 Å². The topological polar surface area (TPSA) is 129 Å². The molecule has 9 nitrogen and oxygen atoms in total. The summed E-state index contributed by atoms with van der Waals surface area (Å²) in [6.45, 7) is 5.42. The number of methoxy groups -OCH3 is 1. The number of ether oxygens (including phenoxy) is 1. The minimum atomic E-state index is -0.451. The van der Waals surface area contributed by atoms with Gasteiger partial charge in [0.2, 0.25) is 0 Å². The number of nitrogens with zero attached hydrogens (tertiary/aromatic N) is 2. The lowest BCUT2D eigenvalue weighted by atomic mass is 10.0. The first-order valence-electron chi connectivity index (χ1n) is 13.8. The average Bonchev–Trinajstić information content (AvgIpc) is 2.98. The molecule has 43 heavy (non-hydrogen) atoms. The molecule has 0 aliphatic heterocycles. The van der Waals surface area contributed by atoms with E-state index in [-0.39, 0.29) is 5.69 Å². The number of halogens is 2. The summed E-state index contributed by atoms with van der Waals surface area (Å²) >= 11 is 13.7. The number of nitrogens with one attached hydrogen (secondary N) is 3. The van der Waals surface area contributed by atoms with Gasteiger partial charge < -0.3 is 30.9 Å². The van der Waals surface area contributed by atoms with E-state index in [1.807, 2.05) is 24.3 Å². The molecular weight excluding hydrogens is 589 g/mol. The van der Waals surface area contributed by atoms with Gasteiger partial charge in [-0.1, -0.05) is 53.5 Å². The number of benzene rings is 2. The molecule has 2 aromatic heterocycles. The third-order valence-electron chi connectivity index (χ3n) is 6.57. The van der Waals surface area contributed by atoms with Crippen LogP contribution in [-0.4, -0.2) is 58.5 Å². The van der Waals surface area contributed by atoms with Crippen molar-refractivity contribution >= 4 is 34.8 Å². The van der Waals surface area contributed by atoms with Crippen molar-refractivity contribution in [2.24, 2.45) is 0 Å². The second-order valence-electron chi connectivity index (χ2n) is 10.2. The molecule has 2 aromatic carbocycles. The first-order chi connectivity index (χ1) is 20.7. The van der Waals surface area contributed by atoms with Gasteiger partial charge >= 0.3 is 0 Å². The molecule has 0 unspecified atom stereocenters. The lowest BCUT2D eigenvalue weighted by Gasteiger charge is -2.15. The first-order valence-corrected chi connectivity index (χ1v) is 14.6. The molecular formula is C32H35Cl2N5O4. The summed E-state index contributed by atoms with van der Waals surface area (Å²) in [6.07, 6.45) is 2.38. The fourth-order valence-electron chi connectivity index (χ4n) is 4.42. The number of rotatable bonds is 13. The Kier molecular flexibility index (Phi) is 11.5. The summed E-state index contributed by atoms with van der Waals surface area (Å²) in [5.41, 5.74) is 5.08. The summed E-state index contributed by atoms with van der Waals surface area (Å²) in [7, 11) is 1.60. The minimum Gasteiger partial charge on any atom is -0.496 e. The van der Waals surface area contributed by atoms with Gasteiger partial charge in [0, 0.05) is 60.8 Å². The number of aromatic nitrogens is 2. The van der Waals surface area contributed by atoms with Gasteiger partial charge in [0.1, 0.15) is 11.4 Å². The Morgan fingerprint density at radius 1 is 0.907 bits per heavy atom. The van der Waals surface area contributed by atoms with Crippen LogP contribution in [0.4, 0.5) is 5.69 Å². The van der Waals surface area contributed by atoms with Crippen LogP contribution >= 0.6 is 23.2 Å². The minimum absolute atomic E-state index is 0.239. The third-order valence-corrected chi connectivity index (χ3v) is 7.36. The maximum absolute atomic E-state index is 13.0. The molecule has 5 N–H and O–H groups in total. The number of hydrogen-bond acceptors (Lipinski definition) is 8. The Morgan fingerprint density at radius 3 is 2.30 bits per heavy atom. The van der Waals surface area contributed by atoms with Crippen molar-refractivity contribution in [3.63, 3.8) is 0 Å². The molecule has 0 saturated carbocycles. The summed E-state index contributed by atoms with van der Waals surface area (Å²) in [6, 6.07) is 16.3. The summed E-state index contributed by atoms with van der Waals surface area (Å²) in [5.74, 6) is 0.262. The zero-order chi connectivity index (χ0) is 30.9. The van der Waals surface area contributed by atoms with Crippen molar-refractivity contribution < 1.29 is 19.7 Å². The largest absolute Gasteiger partial charge is 0.496 e. The van der Waals surface area contributed by atoms with E-state index in [0.29, 0.717) is 64.5 Å². The van der Waals surface area contributed by atoms with Crippen LogP contribution in [0.2, 0.25) is 10.0 Å². The van der Waals surface area contributed by atoms with Gasteiger partial charge in [0.15, 0.2) is 0 Å². The molecule has 0 saturated heterocycles. The van der Waals surface area contributed by atoms with E-state index in [4.69, 9.17) is 27.9 Å². The Morgan fingerprint density at radius 2 is 1.63 bits per heavy atom. The van der Waals surface area contributed by atoms with E-state index in [1.54, 1.807) is 63.7 Å². The highest BCUT2D eigenvalue weighted by Gasteiger charge is 2.18. The molecule has 0 bridgehead atoms. The Bertz CT molecular complexity index is 1550. The van der Waals surface area contributed by atoms with E-state index >= 15 is 0 Å². The zero-order valence-corrected chi connectivity index (χ0v) is 25.7. The molecule has 0 radical (unpaired) electrons. The summed E-state index contributed by atoms with van der Waals surface area (Å²) in [5, 5.41) is 28.8. The van der Waals surface area contributed by atoms with Gasteiger partial charge in [0.05, 0.1) is 40.7 Å². The van der Waals surface area contributed by atoms with Crippen molar-refractivity contribution in [1.29, 1.82) is 0 Å². The zero-order valence-electron chi connectivity index (χ0n) is 24.2. The highest BCUT2D eigenvalue weighted by Crippen LogP contribution is 2.41. The molecule has 0 aliphatic carbocycles. The van der Waals surface area contributed by atoms with Crippen molar-refractivity contribution in [2.45, 2.75) is 39.1 Å². The molecule has 1 amide bonds. The lowest BCUT2D eigenvalue weighted by molar-refractivity contribution is 0.102. The Hall–Kier alpha value is -3.57. The standard InChI is InChI=1S/C32H35Cl2N5O4/c1-19(40)14-35-16-21-7-10-27(38-17-21)32(42)39-26-6-4-5-24(29(26)33)25-11-12-37-31(30(25)34)22-8-9-23(28(13-22)43-3)18-36-15-20(2)41/h4-13,17,19-20,35-36,40-41H,14-16,18H2,1-3H3,(H,39,42)/t19-,20-/m1/s1. The van der Waals surface area contributed by atoms with Gasteiger partial charge in [-0.3, -0.25) is 14.8 Å². The molecule has 2 heterocycles. The molecule has 11 heteroatoms. The number of carbonyl (C=O) groups excluding carboxylic acids is 1. The predicted octanol–water partition coefficient (Wildman–Crippen LogP) is 5.32. The number of hydrogen-bond donors (Lipinski definition) is 5. The van der Waals surface area contributed by atoms with Gasteiger partial charge in [-0.2, -0.15) is 0 Å². The number of pyridine rings is 2. The number of carbonyl (C=O) groups is 1. The molecule has 0 spiro atoms. The first kappa shape index (κ1) is 32.3. The number of amides is 1. The van der Waals surface area contributed by atoms with Crippen LogP contribution < -0.4 is 20.7 Å². The molecule has 4 rings (SSSR count). The van der Waals surface area contributed by atoms with E-state index in [9.17, 15) is 15.0 Å². The molecule has 0 aliphatic rings. The van der Waals surface area contributed by atoms with Gasteiger partial charge in [0.25, 0.3) is 5.91 Å².